The number of aromatic nitrogens is 3. The van der Waals surface area contributed by atoms with Crippen molar-refractivity contribution in [1.82, 2.24) is 29.9 Å². The highest BCUT2D eigenvalue weighted by atomic mass is 19.1. The van der Waals surface area contributed by atoms with Crippen LogP contribution in [0.3, 0.4) is 0 Å². The third kappa shape index (κ3) is 8.03. The fourth-order valence-electron chi connectivity index (χ4n) is 6.71. The first-order valence-corrected chi connectivity index (χ1v) is 16.1. The van der Waals surface area contributed by atoms with Crippen LogP contribution in [0.2, 0.25) is 0 Å². The van der Waals surface area contributed by atoms with E-state index in [0.29, 0.717) is 30.1 Å². The maximum atomic E-state index is 14.3. The molecule has 1 aromatic carbocycles. The van der Waals surface area contributed by atoms with Gasteiger partial charge >= 0.3 is 0 Å². The zero-order valence-electron chi connectivity index (χ0n) is 28.0. The normalized spacial score (nSPS) is 17.1. The number of halogens is 1. The maximum absolute atomic E-state index is 14.3. The molecule has 1 aromatic heterocycles. The van der Waals surface area contributed by atoms with Crippen molar-refractivity contribution in [3.8, 4) is 11.6 Å². The summed E-state index contributed by atoms with van der Waals surface area (Å²) in [4.78, 5) is 27.0. The van der Waals surface area contributed by atoms with E-state index in [0.717, 1.165) is 52.3 Å². The van der Waals surface area contributed by atoms with E-state index in [9.17, 15) is 9.18 Å². The average molecular weight is 614 g/mol. The number of carbonyl (C=O) groups excluding carboxylic acids is 1. The number of aryl methyl sites for hydroxylation is 1. The molecule has 2 aliphatic rings. The first-order chi connectivity index (χ1) is 21.0. The van der Waals surface area contributed by atoms with Crippen LogP contribution in [0.1, 0.15) is 70.1 Å². The Morgan fingerprint density at radius 2 is 1.89 bits per heavy atom. The molecule has 0 bridgehead atoms. The molecule has 44 heavy (non-hydrogen) atoms. The van der Waals surface area contributed by atoms with Crippen LogP contribution in [0.4, 0.5) is 10.2 Å². The lowest BCUT2D eigenvalue weighted by molar-refractivity contribution is -0.0345. The number of benzene rings is 1. The molecular weight excluding hydrogens is 561 g/mol. The Balaban J connectivity index is 1.45. The van der Waals surface area contributed by atoms with Gasteiger partial charge in [0, 0.05) is 63.9 Å². The van der Waals surface area contributed by atoms with Gasteiger partial charge in [-0.25, -0.2) is 9.37 Å². The summed E-state index contributed by atoms with van der Waals surface area (Å²) in [6, 6.07) is 4.53. The summed E-state index contributed by atoms with van der Waals surface area (Å²) in [6.45, 7) is 19.4. The molecule has 4 rings (SSSR count). The molecule has 1 atom stereocenters. The van der Waals surface area contributed by atoms with E-state index >= 15 is 0 Å². The number of ether oxygens (including phenoxy) is 2. The number of nitrogens with zero attached hydrogens (tertiary/aromatic N) is 7. The number of hydrogen-bond acceptors (Lipinski definition) is 9. The number of hydrogen-bond donors (Lipinski definition) is 0. The topological polar surface area (TPSA) is 87.2 Å². The standard InChI is InChI=1S/C33H52FN7O3/c1-9-41(24(4)5)32(42)27-19-26(34)12-13-29(27)44-31-30(35-25(6)36-37-31)39-16-14-33(20-39)21-40(22-33)28(23(2)3)11-10-15-38(7)17-18-43-8/h12-13,19,23-24,28H,9-11,14-18,20-22H2,1-8H3/t28-/m1/s1. The van der Waals surface area contributed by atoms with Gasteiger partial charge in [-0.05, 0) is 84.7 Å². The van der Waals surface area contributed by atoms with Gasteiger partial charge in [-0.2, -0.15) is 0 Å². The second kappa shape index (κ2) is 14.9. The minimum atomic E-state index is -0.498. The van der Waals surface area contributed by atoms with E-state index in [4.69, 9.17) is 14.5 Å². The van der Waals surface area contributed by atoms with Crippen molar-refractivity contribution in [2.45, 2.75) is 72.9 Å². The monoisotopic (exact) mass is 613 g/mol. The van der Waals surface area contributed by atoms with Crippen LogP contribution in [-0.4, -0.2) is 114 Å². The summed E-state index contributed by atoms with van der Waals surface area (Å²) in [7, 11) is 3.91. The number of anilines is 1. The highest BCUT2D eigenvalue weighted by molar-refractivity contribution is 5.97. The molecule has 2 saturated heterocycles. The van der Waals surface area contributed by atoms with Crippen LogP contribution in [0.25, 0.3) is 0 Å². The SMILES string of the molecule is CCN(C(=O)c1cc(F)ccc1Oc1nnc(C)nc1N1CCC2(C1)CN([C@H](CCCN(C)CCOC)C(C)C)C2)C(C)C. The summed E-state index contributed by atoms with van der Waals surface area (Å²) in [6.07, 6.45) is 3.43. The Bertz CT molecular complexity index is 1250. The maximum Gasteiger partial charge on any atom is 0.282 e. The van der Waals surface area contributed by atoms with E-state index in [-0.39, 0.29) is 34.6 Å². The van der Waals surface area contributed by atoms with Gasteiger partial charge in [0.15, 0.2) is 11.6 Å². The number of carbonyl (C=O) groups is 1. The zero-order valence-corrected chi connectivity index (χ0v) is 28.0. The molecule has 2 fully saturated rings. The molecule has 2 aromatic rings. The van der Waals surface area contributed by atoms with Crippen molar-refractivity contribution in [3.05, 3.63) is 35.4 Å². The van der Waals surface area contributed by atoms with Gasteiger partial charge in [0.05, 0.1) is 12.2 Å². The fourth-order valence-corrected chi connectivity index (χ4v) is 6.71. The summed E-state index contributed by atoms with van der Waals surface area (Å²) < 4.78 is 25.8. The van der Waals surface area contributed by atoms with E-state index < -0.39 is 5.82 Å². The second-order valence-electron chi connectivity index (χ2n) is 13.2. The number of likely N-dealkylation sites (tertiary alicyclic amines) is 1. The molecule has 10 nitrogen and oxygen atoms in total. The van der Waals surface area contributed by atoms with Crippen molar-refractivity contribution in [2.75, 3.05) is 71.5 Å². The third-order valence-electron chi connectivity index (χ3n) is 9.12. The lowest BCUT2D eigenvalue weighted by Gasteiger charge is -2.53. The molecule has 1 spiro atoms. The largest absolute Gasteiger partial charge is 0.434 e. The highest BCUT2D eigenvalue weighted by Crippen LogP contribution is 2.44. The first kappa shape index (κ1) is 34.0. The van der Waals surface area contributed by atoms with E-state index in [1.54, 1.807) is 12.0 Å². The van der Waals surface area contributed by atoms with Crippen molar-refractivity contribution >= 4 is 11.7 Å². The van der Waals surface area contributed by atoms with E-state index in [2.05, 4.69) is 45.8 Å². The Kier molecular flexibility index (Phi) is 11.5. The van der Waals surface area contributed by atoms with Crippen LogP contribution in [-0.2, 0) is 4.74 Å². The molecule has 0 radical (unpaired) electrons. The molecule has 2 aliphatic heterocycles. The first-order valence-electron chi connectivity index (χ1n) is 16.1. The molecule has 0 saturated carbocycles. The van der Waals surface area contributed by atoms with Crippen LogP contribution >= 0.6 is 0 Å². The van der Waals surface area contributed by atoms with Crippen LogP contribution in [0.5, 0.6) is 11.6 Å². The highest BCUT2D eigenvalue weighted by Gasteiger charge is 2.50. The Morgan fingerprint density at radius 3 is 2.55 bits per heavy atom. The molecular formula is C33H52FN7O3. The Labute approximate surface area is 262 Å². The van der Waals surface area contributed by atoms with Crippen LogP contribution in [0.15, 0.2) is 18.2 Å². The lowest BCUT2D eigenvalue weighted by Crippen LogP contribution is -2.62. The number of rotatable bonds is 15. The van der Waals surface area contributed by atoms with Crippen molar-refractivity contribution in [2.24, 2.45) is 11.3 Å². The Hall–Kier alpha value is -2.89. The number of likely N-dealkylation sites (N-methyl/N-ethyl adjacent to an activating group) is 1. The van der Waals surface area contributed by atoms with Gasteiger partial charge in [-0.1, -0.05) is 13.8 Å². The second-order valence-corrected chi connectivity index (χ2v) is 13.2. The van der Waals surface area contributed by atoms with Crippen molar-refractivity contribution in [1.29, 1.82) is 0 Å². The molecule has 3 heterocycles. The van der Waals surface area contributed by atoms with Crippen LogP contribution in [0, 0.1) is 24.1 Å². The van der Waals surface area contributed by atoms with Gasteiger partial charge in [0.25, 0.3) is 11.8 Å². The van der Waals surface area contributed by atoms with Crippen molar-refractivity contribution in [3.63, 3.8) is 0 Å². The summed E-state index contributed by atoms with van der Waals surface area (Å²) in [5, 5.41) is 8.51. The summed E-state index contributed by atoms with van der Waals surface area (Å²) >= 11 is 0. The summed E-state index contributed by atoms with van der Waals surface area (Å²) in [5.41, 5.74) is 0.361. The molecule has 0 aliphatic carbocycles. The minimum absolute atomic E-state index is 0.0413. The number of methoxy groups -OCH3 is 1. The summed E-state index contributed by atoms with van der Waals surface area (Å²) in [5.74, 6) is 1.44. The third-order valence-corrected chi connectivity index (χ3v) is 9.12. The molecule has 1 amide bonds. The minimum Gasteiger partial charge on any atom is -0.434 e. The Morgan fingerprint density at radius 1 is 1.14 bits per heavy atom. The van der Waals surface area contributed by atoms with Crippen molar-refractivity contribution < 1.29 is 18.7 Å². The van der Waals surface area contributed by atoms with Gasteiger partial charge in [-0.15, -0.1) is 10.2 Å². The smallest absolute Gasteiger partial charge is 0.282 e. The predicted molar refractivity (Wildman–Crippen MR) is 171 cm³/mol. The van der Waals surface area contributed by atoms with Gasteiger partial charge in [0.2, 0.25) is 0 Å². The molecule has 11 heteroatoms. The van der Waals surface area contributed by atoms with Gasteiger partial charge in [-0.3, -0.25) is 9.69 Å². The quantitative estimate of drug-likeness (QED) is 0.279. The average Bonchev–Trinajstić information content (AvgIpc) is 3.41. The van der Waals surface area contributed by atoms with E-state index in [1.807, 2.05) is 27.7 Å². The lowest BCUT2D eigenvalue weighted by atomic mass is 9.76. The van der Waals surface area contributed by atoms with E-state index in [1.165, 1.54) is 31.0 Å². The van der Waals surface area contributed by atoms with Gasteiger partial charge in [0.1, 0.15) is 11.6 Å². The zero-order chi connectivity index (χ0) is 32.0. The van der Waals surface area contributed by atoms with Gasteiger partial charge < -0.3 is 24.2 Å². The molecule has 0 N–H and O–H groups in total. The fraction of sp³-hybridized carbons (Fsp3) is 0.697. The molecule has 244 valence electrons. The molecule has 0 unspecified atom stereocenters. The van der Waals surface area contributed by atoms with Crippen LogP contribution < -0.4 is 9.64 Å². The predicted octanol–water partition coefficient (Wildman–Crippen LogP) is 4.88. The number of amides is 1.